The third kappa shape index (κ3) is 3.43. The lowest BCUT2D eigenvalue weighted by Gasteiger charge is -2.33. The fourth-order valence-corrected chi connectivity index (χ4v) is 4.97. The molecule has 0 spiro atoms. The average molecular weight is 449 g/mol. The predicted octanol–water partition coefficient (Wildman–Crippen LogP) is 6.31. The van der Waals surface area contributed by atoms with Gasteiger partial charge >= 0.3 is 0 Å². The Morgan fingerprint density at radius 1 is 0.824 bits per heavy atom. The van der Waals surface area contributed by atoms with E-state index in [9.17, 15) is 9.90 Å². The van der Waals surface area contributed by atoms with Crippen LogP contribution in [-0.2, 0) is 0 Å². The number of aromatic nitrogens is 1. The van der Waals surface area contributed by atoms with Gasteiger partial charge in [0.1, 0.15) is 11.5 Å². The molecule has 3 aliphatic rings. The van der Waals surface area contributed by atoms with Gasteiger partial charge in [-0.15, -0.1) is 10.2 Å². The Kier molecular flexibility index (Phi) is 5.08. The van der Waals surface area contributed by atoms with E-state index in [1.807, 2.05) is 48.5 Å². The maximum absolute atomic E-state index is 12.7. The first-order valence-corrected chi connectivity index (χ1v) is 11.6. The number of carbonyl (C=O) groups is 1. The molecule has 0 saturated carbocycles. The van der Waals surface area contributed by atoms with Gasteiger partial charge in [-0.25, -0.2) is 0 Å². The van der Waals surface area contributed by atoms with Crippen molar-refractivity contribution in [2.24, 2.45) is 10.2 Å². The first kappa shape index (κ1) is 20.6. The summed E-state index contributed by atoms with van der Waals surface area (Å²) in [6.07, 6.45) is 1.22. The number of nitrogens with one attached hydrogen (secondary N) is 1. The van der Waals surface area contributed by atoms with E-state index >= 15 is 0 Å². The molecule has 0 unspecified atom stereocenters. The number of aromatic amines is 1. The number of benzene rings is 3. The van der Waals surface area contributed by atoms with Gasteiger partial charge in [0.25, 0.3) is 5.91 Å². The maximum atomic E-state index is 12.7. The Labute approximate surface area is 196 Å². The third-order valence-corrected chi connectivity index (χ3v) is 6.67. The van der Waals surface area contributed by atoms with Gasteiger partial charge in [-0.1, -0.05) is 60.7 Å². The fraction of sp³-hybridized carbons (Fsp3) is 0.179. The summed E-state index contributed by atoms with van der Waals surface area (Å²) < 4.78 is 0. The molecule has 1 fully saturated rings. The topological polar surface area (TPSA) is 81.0 Å². The molecule has 1 saturated heterocycles. The van der Waals surface area contributed by atoms with Crippen molar-refractivity contribution in [3.05, 3.63) is 84.4 Å². The van der Waals surface area contributed by atoms with Crippen molar-refractivity contribution in [1.29, 1.82) is 0 Å². The highest BCUT2D eigenvalue weighted by Crippen LogP contribution is 2.52. The molecule has 2 N–H and O–H groups in total. The van der Waals surface area contributed by atoms with Crippen molar-refractivity contribution >= 4 is 39.1 Å². The van der Waals surface area contributed by atoms with E-state index in [0.29, 0.717) is 11.3 Å². The largest absolute Gasteiger partial charge is 0.393 e. The van der Waals surface area contributed by atoms with Crippen LogP contribution in [0.25, 0.3) is 32.8 Å². The molecule has 0 aromatic heterocycles. The number of hydrogen-bond donors (Lipinski definition) is 2. The van der Waals surface area contributed by atoms with Gasteiger partial charge in [0.05, 0.1) is 6.10 Å². The lowest BCUT2D eigenvalue weighted by atomic mass is 10.00. The number of nitrogens with zero attached hydrogens (tertiary/aromatic N) is 3. The molecule has 0 atom stereocenters. The van der Waals surface area contributed by atoms with Crippen molar-refractivity contribution in [1.82, 2.24) is 4.98 Å². The van der Waals surface area contributed by atoms with Gasteiger partial charge in [-0.2, -0.15) is 0 Å². The summed E-state index contributed by atoms with van der Waals surface area (Å²) >= 11 is 0. The molecule has 2 aliphatic heterocycles. The number of aliphatic hydroxyl groups is 1. The number of H-pyrrole nitrogens is 1. The second-order valence-electron chi connectivity index (χ2n) is 8.75. The van der Waals surface area contributed by atoms with E-state index in [-0.39, 0.29) is 12.0 Å². The highest BCUT2D eigenvalue weighted by molar-refractivity contribution is 6.22. The van der Waals surface area contributed by atoms with Crippen LogP contribution in [-0.4, -0.2) is 35.2 Å². The molecule has 6 nitrogen and oxygen atoms in total. The second kappa shape index (κ2) is 8.39. The molecular formula is C28H24N4O2. The monoisotopic (exact) mass is 448 g/mol. The van der Waals surface area contributed by atoms with Crippen LogP contribution in [0.15, 0.2) is 89.1 Å². The fourth-order valence-electron chi connectivity index (χ4n) is 4.97. The van der Waals surface area contributed by atoms with Crippen LogP contribution in [0.3, 0.4) is 0 Å². The molecule has 2 heterocycles. The first-order chi connectivity index (χ1) is 16.7. The van der Waals surface area contributed by atoms with Crippen molar-refractivity contribution in [2.45, 2.75) is 18.9 Å². The van der Waals surface area contributed by atoms with Crippen LogP contribution in [0.2, 0.25) is 0 Å². The Balaban J connectivity index is 1.59. The summed E-state index contributed by atoms with van der Waals surface area (Å²) in [7, 11) is 0. The number of rotatable bonds is 3. The van der Waals surface area contributed by atoms with Gasteiger partial charge in [0, 0.05) is 46.1 Å². The Hall–Kier alpha value is -4.03. The standard InChI is InChI=1S/C28H24N4O2/c33-19-14-16-32(17-15-19)27-25-20-10-4-5-11-21(20)26(24(25)22-12-6-7-13-23(22)29-27)30-31-28(34)18-8-2-1-3-9-18/h1-13,19,29,33H,14-17H2. The molecule has 3 aromatic carbocycles. The SMILES string of the molecule is O=C(N=Nc1c2c3ccccc3[nH]c(N3CCC(O)CC3)c-2c2ccccc12)c1ccccc1. The van der Waals surface area contributed by atoms with E-state index in [2.05, 4.69) is 38.3 Å². The molecule has 3 aromatic rings. The van der Waals surface area contributed by atoms with Gasteiger partial charge in [-0.3, -0.25) is 4.79 Å². The summed E-state index contributed by atoms with van der Waals surface area (Å²) in [6, 6.07) is 25.3. The second-order valence-corrected chi connectivity index (χ2v) is 8.75. The van der Waals surface area contributed by atoms with E-state index in [4.69, 9.17) is 0 Å². The van der Waals surface area contributed by atoms with Crippen molar-refractivity contribution in [2.75, 3.05) is 18.0 Å². The zero-order chi connectivity index (χ0) is 23.1. The highest BCUT2D eigenvalue weighted by atomic mass is 16.3. The number of amides is 1. The van der Waals surface area contributed by atoms with E-state index in [1.54, 1.807) is 12.1 Å². The van der Waals surface area contributed by atoms with Crippen LogP contribution >= 0.6 is 0 Å². The summed E-state index contributed by atoms with van der Waals surface area (Å²) in [4.78, 5) is 18.7. The minimum atomic E-state index is -0.365. The maximum Gasteiger partial charge on any atom is 0.295 e. The normalized spacial score (nSPS) is 15.1. The lowest BCUT2D eigenvalue weighted by molar-refractivity contribution is 0.0995. The van der Waals surface area contributed by atoms with Crippen LogP contribution in [0.4, 0.5) is 11.5 Å². The molecular weight excluding hydrogens is 424 g/mol. The zero-order valence-electron chi connectivity index (χ0n) is 18.6. The summed E-state index contributed by atoms with van der Waals surface area (Å²) in [5, 5.41) is 21.8. The summed E-state index contributed by atoms with van der Waals surface area (Å²) in [5.41, 5.74) is 4.28. The Morgan fingerprint density at radius 3 is 2.24 bits per heavy atom. The smallest absolute Gasteiger partial charge is 0.295 e. The van der Waals surface area contributed by atoms with Gasteiger partial charge in [-0.05, 0) is 36.4 Å². The van der Waals surface area contributed by atoms with E-state index in [1.165, 1.54) is 0 Å². The number of piperidine rings is 1. The molecule has 168 valence electrons. The number of azo groups is 1. The minimum absolute atomic E-state index is 0.253. The molecule has 6 heteroatoms. The van der Waals surface area contributed by atoms with Crippen LogP contribution in [0.5, 0.6) is 0 Å². The van der Waals surface area contributed by atoms with Crippen molar-refractivity contribution in [3.63, 3.8) is 0 Å². The number of fused-ring (bicyclic) bond motifs is 5. The minimum Gasteiger partial charge on any atom is -0.393 e. The third-order valence-electron chi connectivity index (χ3n) is 6.67. The average Bonchev–Trinajstić information content (AvgIpc) is 3.22. The number of aliphatic hydroxyl groups excluding tert-OH is 1. The number of para-hydroxylation sites is 1. The summed E-state index contributed by atoms with van der Waals surface area (Å²) in [6.45, 7) is 1.54. The van der Waals surface area contributed by atoms with E-state index < -0.39 is 0 Å². The molecule has 6 rings (SSSR count). The highest BCUT2D eigenvalue weighted by Gasteiger charge is 2.28. The number of carbonyl (C=O) groups excluding carboxylic acids is 1. The van der Waals surface area contributed by atoms with Crippen LogP contribution in [0, 0.1) is 0 Å². The molecule has 34 heavy (non-hydrogen) atoms. The first-order valence-electron chi connectivity index (χ1n) is 11.6. The van der Waals surface area contributed by atoms with E-state index in [0.717, 1.165) is 64.6 Å². The Bertz CT molecular complexity index is 1500. The zero-order valence-corrected chi connectivity index (χ0v) is 18.6. The molecule has 0 radical (unpaired) electrons. The lowest BCUT2D eigenvalue weighted by Crippen LogP contribution is -2.36. The molecule has 0 bridgehead atoms. The Morgan fingerprint density at radius 2 is 1.47 bits per heavy atom. The number of hydrogen-bond acceptors (Lipinski definition) is 4. The number of pyridine rings is 1. The predicted molar refractivity (Wildman–Crippen MR) is 135 cm³/mol. The number of anilines is 1. The van der Waals surface area contributed by atoms with Gasteiger partial charge in [0.2, 0.25) is 0 Å². The molecule has 1 aliphatic carbocycles. The summed E-state index contributed by atoms with van der Waals surface area (Å²) in [5.74, 6) is 0.656. The van der Waals surface area contributed by atoms with Crippen molar-refractivity contribution in [3.8, 4) is 11.1 Å². The quantitative estimate of drug-likeness (QED) is 0.317. The van der Waals surface area contributed by atoms with Gasteiger partial charge < -0.3 is 15.0 Å². The van der Waals surface area contributed by atoms with Crippen molar-refractivity contribution < 1.29 is 9.90 Å². The molecule has 1 amide bonds. The van der Waals surface area contributed by atoms with Crippen LogP contribution < -0.4 is 4.90 Å². The van der Waals surface area contributed by atoms with Gasteiger partial charge in [0.15, 0.2) is 0 Å². The van der Waals surface area contributed by atoms with Crippen LogP contribution in [0.1, 0.15) is 23.2 Å².